The molecule has 0 radical (unpaired) electrons. The Morgan fingerprint density at radius 3 is 2.20 bits per heavy atom. The Balaban J connectivity index is 1.78. The second-order valence-corrected chi connectivity index (χ2v) is 9.65. The lowest BCUT2D eigenvalue weighted by Crippen LogP contribution is -2.28. The Morgan fingerprint density at radius 2 is 1.60 bits per heavy atom. The summed E-state index contributed by atoms with van der Waals surface area (Å²) in [5.41, 5.74) is 1.80. The van der Waals surface area contributed by atoms with E-state index in [2.05, 4.69) is 14.8 Å². The van der Waals surface area contributed by atoms with Crippen molar-refractivity contribution in [2.75, 3.05) is 17.5 Å². The molecule has 11 heteroatoms. The molecule has 3 aromatic rings. The van der Waals surface area contributed by atoms with Gasteiger partial charge in [-0.05, 0) is 59.5 Å². The van der Waals surface area contributed by atoms with Crippen molar-refractivity contribution in [3.63, 3.8) is 0 Å². The van der Waals surface area contributed by atoms with Crippen LogP contribution < -0.4 is 14.8 Å². The number of aliphatic hydroxyl groups is 1. The van der Waals surface area contributed by atoms with E-state index >= 15 is 0 Å². The Labute approximate surface area is 201 Å². The largest absolute Gasteiger partial charge is 0.506 e. The summed E-state index contributed by atoms with van der Waals surface area (Å²) in [6.07, 6.45) is 0.265. The molecule has 0 aromatic heterocycles. The quantitative estimate of drug-likeness (QED) is 0.289. The molecule has 0 saturated carbocycles. The summed E-state index contributed by atoms with van der Waals surface area (Å²) >= 11 is 0. The van der Waals surface area contributed by atoms with Crippen LogP contribution in [0.2, 0.25) is 0 Å². The maximum Gasteiger partial charge on any atom is 0.387 e. The van der Waals surface area contributed by atoms with Crippen molar-refractivity contribution in [3.05, 3.63) is 89.2 Å². The van der Waals surface area contributed by atoms with Gasteiger partial charge in [0, 0.05) is 12.6 Å². The fraction of sp³-hybridized carbons (Fsp3) is 0.250. The first kappa shape index (κ1) is 26.3. The molecular weight excluding hydrogens is 485 g/mol. The average molecular weight is 511 g/mol. The lowest BCUT2D eigenvalue weighted by Gasteiger charge is -2.22. The smallest absolute Gasteiger partial charge is 0.387 e. The lowest BCUT2D eigenvalue weighted by molar-refractivity contribution is -0.0498. The first-order valence-electron chi connectivity index (χ1n) is 10.5. The molecular formula is C24H25F3N2O5S. The Kier molecular flexibility index (Phi) is 8.60. The molecule has 0 saturated heterocycles. The standard InChI is InChI=1S/C24H25F3N2O5S/c1-35(32,33)29-21-13-17(6-11-22(21)30)23(31)14-28-20(12-15-2-7-18(25)8-3-15)16-4-9-19(10-5-16)34-24(26)27/h2-11,13,20,23-24,28-31H,12,14H2,1H3/t20?,23-/m0/s1. The van der Waals surface area contributed by atoms with Gasteiger partial charge in [0.05, 0.1) is 18.0 Å². The van der Waals surface area contributed by atoms with E-state index in [1.54, 1.807) is 24.3 Å². The van der Waals surface area contributed by atoms with Gasteiger partial charge in [0.25, 0.3) is 0 Å². The van der Waals surface area contributed by atoms with E-state index in [9.17, 15) is 31.8 Å². The second-order valence-electron chi connectivity index (χ2n) is 7.91. The number of rotatable bonds is 11. The van der Waals surface area contributed by atoms with Crippen molar-refractivity contribution in [2.24, 2.45) is 0 Å². The van der Waals surface area contributed by atoms with Crippen LogP contribution in [-0.4, -0.2) is 38.0 Å². The van der Waals surface area contributed by atoms with E-state index in [0.29, 0.717) is 17.5 Å². The molecule has 0 aliphatic rings. The van der Waals surface area contributed by atoms with E-state index in [1.165, 1.54) is 42.5 Å². The number of halogens is 3. The van der Waals surface area contributed by atoms with Crippen molar-refractivity contribution in [3.8, 4) is 11.5 Å². The first-order valence-corrected chi connectivity index (χ1v) is 12.4. The minimum atomic E-state index is -3.64. The highest BCUT2D eigenvalue weighted by atomic mass is 32.2. The van der Waals surface area contributed by atoms with Gasteiger partial charge in [0.2, 0.25) is 10.0 Å². The molecule has 35 heavy (non-hydrogen) atoms. The van der Waals surface area contributed by atoms with Crippen molar-refractivity contribution in [1.82, 2.24) is 5.32 Å². The van der Waals surface area contributed by atoms with E-state index < -0.39 is 22.7 Å². The third kappa shape index (κ3) is 8.16. The summed E-state index contributed by atoms with van der Waals surface area (Å²) in [5.74, 6) is -0.674. The molecule has 0 fully saturated rings. The lowest BCUT2D eigenvalue weighted by atomic mass is 9.98. The van der Waals surface area contributed by atoms with Gasteiger partial charge in [-0.2, -0.15) is 8.78 Å². The number of sulfonamides is 1. The number of nitrogens with one attached hydrogen (secondary N) is 2. The normalized spacial score (nSPS) is 13.4. The zero-order valence-corrected chi connectivity index (χ0v) is 19.5. The summed E-state index contributed by atoms with van der Waals surface area (Å²) in [6.45, 7) is -2.92. The molecule has 0 heterocycles. The molecule has 1 unspecified atom stereocenters. The minimum Gasteiger partial charge on any atom is -0.506 e. The molecule has 2 atom stereocenters. The van der Waals surface area contributed by atoms with Crippen molar-refractivity contribution in [2.45, 2.75) is 25.2 Å². The molecule has 0 amide bonds. The van der Waals surface area contributed by atoms with Gasteiger partial charge in [-0.3, -0.25) is 4.72 Å². The van der Waals surface area contributed by atoms with E-state index in [0.717, 1.165) is 11.8 Å². The summed E-state index contributed by atoms with van der Waals surface area (Å²) in [5, 5.41) is 23.8. The van der Waals surface area contributed by atoms with Crippen molar-refractivity contribution < 1.29 is 36.5 Å². The van der Waals surface area contributed by atoms with Crippen LogP contribution in [0, 0.1) is 5.82 Å². The van der Waals surface area contributed by atoms with Crippen molar-refractivity contribution in [1.29, 1.82) is 0 Å². The third-order valence-corrected chi connectivity index (χ3v) is 5.71. The summed E-state index contributed by atoms with van der Waals surface area (Å²) in [6, 6.07) is 15.6. The van der Waals surface area contributed by atoms with Gasteiger partial charge in [-0.25, -0.2) is 12.8 Å². The number of ether oxygens (including phenoxy) is 1. The second kappa shape index (κ2) is 11.4. The van der Waals surface area contributed by atoms with Crippen LogP contribution in [0.25, 0.3) is 0 Å². The van der Waals surface area contributed by atoms with Gasteiger partial charge in [0.15, 0.2) is 0 Å². The van der Waals surface area contributed by atoms with E-state index in [1.807, 2.05) is 0 Å². The van der Waals surface area contributed by atoms with E-state index in [-0.39, 0.29) is 35.6 Å². The van der Waals surface area contributed by atoms with Gasteiger partial charge >= 0.3 is 6.61 Å². The SMILES string of the molecule is CS(=O)(=O)Nc1cc([C@@H](O)CNC(Cc2ccc(F)cc2)c2ccc(OC(F)F)cc2)ccc1O. The number of hydrogen-bond acceptors (Lipinski definition) is 6. The maximum atomic E-state index is 13.3. The van der Waals surface area contributed by atoms with Crippen LogP contribution in [0.15, 0.2) is 66.7 Å². The molecule has 0 bridgehead atoms. The van der Waals surface area contributed by atoms with Crippen LogP contribution in [0.4, 0.5) is 18.9 Å². The highest BCUT2D eigenvalue weighted by Gasteiger charge is 2.18. The van der Waals surface area contributed by atoms with Gasteiger partial charge < -0.3 is 20.3 Å². The van der Waals surface area contributed by atoms with Crippen LogP contribution in [0.1, 0.15) is 28.8 Å². The first-order chi connectivity index (χ1) is 16.5. The molecule has 4 N–H and O–H groups in total. The molecule has 0 aliphatic carbocycles. The maximum absolute atomic E-state index is 13.3. The van der Waals surface area contributed by atoms with Crippen LogP contribution >= 0.6 is 0 Å². The highest BCUT2D eigenvalue weighted by Crippen LogP contribution is 2.29. The van der Waals surface area contributed by atoms with Gasteiger partial charge in [-0.1, -0.05) is 30.3 Å². The molecule has 3 rings (SSSR count). The van der Waals surface area contributed by atoms with E-state index in [4.69, 9.17) is 0 Å². The highest BCUT2D eigenvalue weighted by molar-refractivity contribution is 7.92. The summed E-state index contributed by atoms with van der Waals surface area (Å²) < 4.78 is 67.9. The zero-order valence-electron chi connectivity index (χ0n) is 18.7. The fourth-order valence-electron chi connectivity index (χ4n) is 3.46. The predicted molar refractivity (Wildman–Crippen MR) is 125 cm³/mol. The molecule has 0 spiro atoms. The third-order valence-electron chi connectivity index (χ3n) is 5.12. The van der Waals surface area contributed by atoms with Gasteiger partial charge in [-0.15, -0.1) is 0 Å². The fourth-order valence-corrected chi connectivity index (χ4v) is 4.02. The number of phenolic OH excluding ortho intramolecular Hbond substituents is 1. The molecule has 7 nitrogen and oxygen atoms in total. The minimum absolute atomic E-state index is 0.000633. The number of aliphatic hydroxyl groups excluding tert-OH is 1. The zero-order chi connectivity index (χ0) is 25.6. The number of anilines is 1. The number of benzene rings is 3. The van der Waals surface area contributed by atoms with Crippen LogP contribution in [-0.2, 0) is 16.4 Å². The topological polar surface area (TPSA) is 108 Å². The summed E-state index contributed by atoms with van der Waals surface area (Å²) in [7, 11) is -3.64. The Morgan fingerprint density at radius 1 is 0.971 bits per heavy atom. The average Bonchev–Trinajstić information content (AvgIpc) is 2.78. The molecule has 3 aromatic carbocycles. The number of phenols is 1. The number of alkyl halides is 2. The molecule has 188 valence electrons. The number of aromatic hydroxyl groups is 1. The van der Waals surface area contributed by atoms with Crippen molar-refractivity contribution >= 4 is 15.7 Å². The van der Waals surface area contributed by atoms with Gasteiger partial charge in [0.1, 0.15) is 17.3 Å². The van der Waals surface area contributed by atoms with Crippen LogP contribution in [0.5, 0.6) is 11.5 Å². The molecule has 0 aliphatic heterocycles. The van der Waals surface area contributed by atoms with Crippen LogP contribution in [0.3, 0.4) is 0 Å². The Hall–Kier alpha value is -3.28. The monoisotopic (exact) mass is 510 g/mol. The number of hydrogen-bond donors (Lipinski definition) is 4. The predicted octanol–water partition coefficient (Wildman–Crippen LogP) is 4.11. The Bertz CT molecular complexity index is 1220. The summed E-state index contributed by atoms with van der Waals surface area (Å²) in [4.78, 5) is 0.